The van der Waals surface area contributed by atoms with Crippen LogP contribution in [-0.2, 0) is 6.42 Å². The summed E-state index contributed by atoms with van der Waals surface area (Å²) in [5.74, 6) is 1.49. The van der Waals surface area contributed by atoms with Crippen LogP contribution >= 0.6 is 27.5 Å². The second-order valence-corrected chi connectivity index (χ2v) is 5.63. The van der Waals surface area contributed by atoms with Gasteiger partial charge in [0, 0.05) is 28.0 Å². The lowest BCUT2D eigenvalue weighted by molar-refractivity contribution is 0.495. The van der Waals surface area contributed by atoms with Crippen LogP contribution in [0.3, 0.4) is 0 Å². The zero-order valence-corrected chi connectivity index (χ0v) is 13.1. The molecule has 2 aromatic rings. The molecule has 0 amide bonds. The van der Waals surface area contributed by atoms with Crippen LogP contribution in [0, 0.1) is 0 Å². The van der Waals surface area contributed by atoms with Crippen molar-refractivity contribution in [2.75, 3.05) is 13.1 Å². The Morgan fingerprint density at radius 1 is 1.32 bits per heavy atom. The first-order valence-corrected chi connectivity index (χ1v) is 7.48. The van der Waals surface area contributed by atoms with Crippen LogP contribution in [0.4, 0.5) is 0 Å². The van der Waals surface area contributed by atoms with E-state index in [-0.39, 0.29) is 0 Å². The first-order chi connectivity index (χ1) is 9.19. The molecule has 1 aromatic heterocycles. The van der Waals surface area contributed by atoms with Crippen LogP contribution in [0.25, 0.3) is 11.3 Å². The Morgan fingerprint density at radius 3 is 2.89 bits per heavy atom. The SMILES string of the molecule is CCCNCCc1ncc(-c2cc(Cl)cc(Br)c2)o1. The number of nitrogens with zero attached hydrogens (tertiary/aromatic N) is 1. The number of rotatable bonds is 6. The Balaban J connectivity index is 2.03. The van der Waals surface area contributed by atoms with E-state index in [1.807, 2.05) is 18.2 Å². The first-order valence-electron chi connectivity index (χ1n) is 6.31. The van der Waals surface area contributed by atoms with E-state index < -0.39 is 0 Å². The summed E-state index contributed by atoms with van der Waals surface area (Å²) in [5.41, 5.74) is 0.930. The molecular formula is C14H16BrClN2O. The van der Waals surface area contributed by atoms with Crippen molar-refractivity contribution >= 4 is 27.5 Å². The largest absolute Gasteiger partial charge is 0.441 e. The lowest BCUT2D eigenvalue weighted by atomic mass is 10.2. The molecule has 0 bridgehead atoms. The Morgan fingerprint density at radius 2 is 2.16 bits per heavy atom. The lowest BCUT2D eigenvalue weighted by Crippen LogP contribution is -2.17. The fraction of sp³-hybridized carbons (Fsp3) is 0.357. The number of benzene rings is 1. The van der Waals surface area contributed by atoms with Gasteiger partial charge < -0.3 is 9.73 Å². The molecule has 0 aliphatic carbocycles. The number of hydrogen-bond donors (Lipinski definition) is 1. The third-order valence-corrected chi connectivity index (χ3v) is 3.32. The van der Waals surface area contributed by atoms with Crippen molar-refractivity contribution in [3.63, 3.8) is 0 Å². The molecule has 19 heavy (non-hydrogen) atoms. The molecule has 0 aliphatic heterocycles. The Hall–Kier alpha value is -0.840. The third-order valence-electron chi connectivity index (χ3n) is 2.64. The summed E-state index contributed by atoms with van der Waals surface area (Å²) in [6, 6.07) is 5.68. The zero-order valence-electron chi connectivity index (χ0n) is 10.7. The van der Waals surface area contributed by atoms with Gasteiger partial charge in [0.05, 0.1) is 6.20 Å². The second-order valence-electron chi connectivity index (χ2n) is 4.28. The summed E-state index contributed by atoms with van der Waals surface area (Å²) in [6.45, 7) is 4.05. The minimum absolute atomic E-state index is 0.673. The Labute approximate surface area is 126 Å². The van der Waals surface area contributed by atoms with Crippen molar-refractivity contribution in [1.82, 2.24) is 10.3 Å². The van der Waals surface area contributed by atoms with Crippen LogP contribution in [-0.4, -0.2) is 18.1 Å². The number of halogens is 2. The van der Waals surface area contributed by atoms with E-state index in [1.165, 1.54) is 0 Å². The third kappa shape index (κ3) is 4.34. The fourth-order valence-corrected chi connectivity index (χ4v) is 2.61. The number of nitrogens with one attached hydrogen (secondary N) is 1. The van der Waals surface area contributed by atoms with Gasteiger partial charge in [-0.3, -0.25) is 0 Å². The molecule has 5 heteroatoms. The van der Waals surface area contributed by atoms with Crippen LogP contribution in [0.5, 0.6) is 0 Å². The molecule has 3 nitrogen and oxygen atoms in total. The van der Waals surface area contributed by atoms with E-state index in [2.05, 4.69) is 33.2 Å². The van der Waals surface area contributed by atoms with E-state index in [0.29, 0.717) is 5.02 Å². The molecule has 0 atom stereocenters. The van der Waals surface area contributed by atoms with E-state index in [4.69, 9.17) is 16.0 Å². The molecule has 0 aliphatic rings. The molecule has 1 heterocycles. The van der Waals surface area contributed by atoms with Gasteiger partial charge in [-0.25, -0.2) is 4.98 Å². The van der Waals surface area contributed by atoms with Crippen LogP contribution < -0.4 is 5.32 Å². The van der Waals surface area contributed by atoms with Gasteiger partial charge in [0.15, 0.2) is 11.7 Å². The minimum Gasteiger partial charge on any atom is -0.441 e. The highest BCUT2D eigenvalue weighted by Gasteiger charge is 2.07. The summed E-state index contributed by atoms with van der Waals surface area (Å²) < 4.78 is 6.66. The van der Waals surface area contributed by atoms with E-state index >= 15 is 0 Å². The van der Waals surface area contributed by atoms with Gasteiger partial charge in [-0.05, 0) is 31.2 Å². The number of oxazole rings is 1. The average Bonchev–Trinajstić information content (AvgIpc) is 2.82. The van der Waals surface area contributed by atoms with Gasteiger partial charge in [0.1, 0.15) is 0 Å². The lowest BCUT2D eigenvalue weighted by Gasteiger charge is -2.00. The Bertz CT molecular complexity index is 522. The molecule has 2 rings (SSSR count). The van der Waals surface area contributed by atoms with Crippen LogP contribution in [0.15, 0.2) is 33.3 Å². The van der Waals surface area contributed by atoms with Gasteiger partial charge in [-0.15, -0.1) is 0 Å². The summed E-state index contributed by atoms with van der Waals surface area (Å²) >= 11 is 9.44. The van der Waals surface area contributed by atoms with Crippen molar-refractivity contribution in [3.05, 3.63) is 39.8 Å². The van der Waals surface area contributed by atoms with Gasteiger partial charge in [-0.1, -0.05) is 34.5 Å². The maximum atomic E-state index is 6.02. The standard InChI is InChI=1S/C14H16BrClN2O/c1-2-4-17-5-3-14-18-9-13(19-14)10-6-11(15)8-12(16)7-10/h6-9,17H,2-5H2,1H3. The Kier molecular flexibility index (Phi) is 5.43. The molecule has 102 valence electrons. The van der Waals surface area contributed by atoms with Crippen molar-refractivity contribution in [2.45, 2.75) is 19.8 Å². The van der Waals surface area contributed by atoms with Gasteiger partial charge in [-0.2, -0.15) is 0 Å². The smallest absolute Gasteiger partial charge is 0.196 e. The molecule has 0 saturated heterocycles. The fourth-order valence-electron chi connectivity index (χ4n) is 1.75. The highest BCUT2D eigenvalue weighted by molar-refractivity contribution is 9.10. The maximum Gasteiger partial charge on any atom is 0.196 e. The summed E-state index contributed by atoms with van der Waals surface area (Å²) in [6.07, 6.45) is 3.67. The predicted molar refractivity (Wildman–Crippen MR) is 81.5 cm³/mol. The molecule has 0 fully saturated rings. The molecule has 0 unspecified atom stereocenters. The normalized spacial score (nSPS) is 10.9. The van der Waals surface area contributed by atoms with Crippen molar-refractivity contribution < 1.29 is 4.42 Å². The first kappa shape index (κ1) is 14.6. The molecule has 1 N–H and O–H groups in total. The molecule has 0 saturated carbocycles. The van der Waals surface area contributed by atoms with Crippen molar-refractivity contribution in [1.29, 1.82) is 0 Å². The number of aromatic nitrogens is 1. The van der Waals surface area contributed by atoms with Gasteiger partial charge in [0.2, 0.25) is 0 Å². The quantitative estimate of drug-likeness (QED) is 0.795. The number of hydrogen-bond acceptors (Lipinski definition) is 3. The second kappa shape index (κ2) is 7.08. The predicted octanol–water partition coefficient (Wildman–Crippen LogP) is 4.30. The van der Waals surface area contributed by atoms with Crippen LogP contribution in [0.2, 0.25) is 5.02 Å². The summed E-state index contributed by atoms with van der Waals surface area (Å²) in [4.78, 5) is 4.28. The van der Waals surface area contributed by atoms with Gasteiger partial charge >= 0.3 is 0 Å². The molecule has 1 aromatic carbocycles. The van der Waals surface area contributed by atoms with E-state index in [0.717, 1.165) is 47.6 Å². The van der Waals surface area contributed by atoms with E-state index in [1.54, 1.807) is 6.20 Å². The highest BCUT2D eigenvalue weighted by Crippen LogP contribution is 2.27. The summed E-state index contributed by atoms with van der Waals surface area (Å²) in [5, 5.41) is 4.00. The average molecular weight is 344 g/mol. The topological polar surface area (TPSA) is 38.1 Å². The van der Waals surface area contributed by atoms with Gasteiger partial charge in [0.25, 0.3) is 0 Å². The maximum absolute atomic E-state index is 6.02. The monoisotopic (exact) mass is 342 g/mol. The molecule has 0 radical (unpaired) electrons. The molecule has 0 spiro atoms. The zero-order chi connectivity index (χ0) is 13.7. The van der Waals surface area contributed by atoms with Crippen LogP contribution in [0.1, 0.15) is 19.2 Å². The molecular weight excluding hydrogens is 328 g/mol. The minimum atomic E-state index is 0.673. The highest BCUT2D eigenvalue weighted by atomic mass is 79.9. The van der Waals surface area contributed by atoms with Crippen molar-refractivity contribution in [3.8, 4) is 11.3 Å². The summed E-state index contributed by atoms with van der Waals surface area (Å²) in [7, 11) is 0. The van der Waals surface area contributed by atoms with E-state index in [9.17, 15) is 0 Å². The van der Waals surface area contributed by atoms with Crippen molar-refractivity contribution in [2.24, 2.45) is 0 Å².